The Balaban J connectivity index is 2.62. The Kier molecular flexibility index (Phi) is 5.57. The molecule has 0 aromatic heterocycles. The fourth-order valence-electron chi connectivity index (χ4n) is 2.39. The molecule has 0 saturated carbocycles. The van der Waals surface area contributed by atoms with Crippen molar-refractivity contribution in [3.05, 3.63) is 35.9 Å². The highest BCUT2D eigenvalue weighted by Crippen LogP contribution is 2.26. The second kappa shape index (κ2) is 6.53. The van der Waals surface area contributed by atoms with Gasteiger partial charge >= 0.3 is 0 Å². The van der Waals surface area contributed by atoms with Gasteiger partial charge in [0.05, 0.1) is 0 Å². The summed E-state index contributed by atoms with van der Waals surface area (Å²) in [7, 11) is 2.20. The van der Waals surface area contributed by atoms with Gasteiger partial charge in [-0.3, -0.25) is 0 Å². The van der Waals surface area contributed by atoms with Crippen LogP contribution in [0, 0.1) is 11.3 Å². The Morgan fingerprint density at radius 2 is 1.63 bits per heavy atom. The number of nitrogens with two attached hydrogens (primary N) is 1. The van der Waals surface area contributed by atoms with Gasteiger partial charge in [-0.15, -0.1) is 0 Å². The van der Waals surface area contributed by atoms with Crippen LogP contribution >= 0.6 is 0 Å². The predicted molar refractivity (Wildman–Crippen MR) is 84.1 cm³/mol. The van der Waals surface area contributed by atoms with E-state index in [0.29, 0.717) is 17.4 Å². The van der Waals surface area contributed by atoms with Gasteiger partial charge in [-0.2, -0.15) is 0 Å². The number of benzene rings is 1. The monoisotopic (exact) mass is 262 g/mol. The first-order valence-corrected chi connectivity index (χ1v) is 7.24. The van der Waals surface area contributed by atoms with Crippen molar-refractivity contribution in [2.45, 2.75) is 46.7 Å². The molecule has 0 heterocycles. The van der Waals surface area contributed by atoms with E-state index in [9.17, 15) is 0 Å². The van der Waals surface area contributed by atoms with Gasteiger partial charge in [0, 0.05) is 18.6 Å². The van der Waals surface area contributed by atoms with E-state index in [2.05, 4.69) is 70.8 Å². The number of rotatable bonds is 5. The van der Waals surface area contributed by atoms with Crippen LogP contribution in [-0.4, -0.2) is 24.5 Å². The average molecular weight is 262 g/mol. The first kappa shape index (κ1) is 16.2. The molecule has 2 heteroatoms. The van der Waals surface area contributed by atoms with Gasteiger partial charge in [0.15, 0.2) is 0 Å². The molecule has 1 aromatic rings. The van der Waals surface area contributed by atoms with Gasteiger partial charge in [-0.05, 0) is 30.9 Å². The van der Waals surface area contributed by atoms with Crippen LogP contribution in [0.4, 0.5) is 0 Å². The van der Waals surface area contributed by atoms with Gasteiger partial charge in [-0.1, -0.05) is 58.0 Å². The minimum Gasteiger partial charge on any atom is -0.324 e. The third kappa shape index (κ3) is 4.63. The summed E-state index contributed by atoms with van der Waals surface area (Å²) in [6.07, 6.45) is 0. The molecule has 108 valence electrons. The van der Waals surface area contributed by atoms with Crippen LogP contribution in [0.5, 0.6) is 0 Å². The molecule has 19 heavy (non-hydrogen) atoms. The minimum atomic E-state index is 0.107. The molecule has 0 bridgehead atoms. The second-order valence-electron chi connectivity index (χ2n) is 6.90. The Morgan fingerprint density at radius 3 is 2.11 bits per heavy atom. The number of nitrogens with zero attached hydrogens (tertiary/aromatic N) is 1. The van der Waals surface area contributed by atoms with E-state index in [1.165, 1.54) is 5.56 Å². The molecule has 0 fully saturated rings. The molecule has 2 N–H and O–H groups in total. The highest BCUT2D eigenvalue weighted by atomic mass is 15.1. The zero-order valence-corrected chi connectivity index (χ0v) is 13.4. The molecule has 1 aromatic carbocycles. The first-order chi connectivity index (χ1) is 8.73. The van der Waals surface area contributed by atoms with Crippen molar-refractivity contribution in [3.8, 4) is 0 Å². The molecule has 1 rings (SSSR count). The number of hydrogen-bond donors (Lipinski definition) is 1. The minimum absolute atomic E-state index is 0.107. The van der Waals surface area contributed by atoms with Crippen molar-refractivity contribution < 1.29 is 0 Å². The molecule has 0 aliphatic heterocycles. The Labute approximate surface area is 119 Å². The molecule has 0 amide bonds. The molecule has 3 unspecified atom stereocenters. The van der Waals surface area contributed by atoms with Crippen LogP contribution in [0.3, 0.4) is 0 Å². The van der Waals surface area contributed by atoms with Crippen LogP contribution in [0.15, 0.2) is 30.3 Å². The molecule has 0 spiro atoms. The summed E-state index contributed by atoms with van der Waals surface area (Å²) >= 11 is 0. The van der Waals surface area contributed by atoms with E-state index in [0.717, 1.165) is 6.54 Å². The largest absolute Gasteiger partial charge is 0.324 e. The fraction of sp³-hybridized carbons (Fsp3) is 0.647. The van der Waals surface area contributed by atoms with E-state index in [1.54, 1.807) is 0 Å². The third-order valence-corrected chi connectivity index (χ3v) is 4.29. The van der Waals surface area contributed by atoms with Crippen LogP contribution < -0.4 is 5.73 Å². The van der Waals surface area contributed by atoms with E-state index in [1.807, 2.05) is 6.07 Å². The van der Waals surface area contributed by atoms with E-state index in [4.69, 9.17) is 5.73 Å². The Hall–Kier alpha value is -0.860. The highest BCUT2D eigenvalue weighted by Gasteiger charge is 2.26. The summed E-state index contributed by atoms with van der Waals surface area (Å²) in [6.45, 7) is 12.4. The van der Waals surface area contributed by atoms with Crippen molar-refractivity contribution in [1.82, 2.24) is 4.90 Å². The van der Waals surface area contributed by atoms with Gasteiger partial charge in [0.25, 0.3) is 0 Å². The zero-order chi connectivity index (χ0) is 14.6. The second-order valence-corrected chi connectivity index (χ2v) is 6.90. The highest BCUT2D eigenvalue weighted by molar-refractivity contribution is 5.19. The lowest BCUT2D eigenvalue weighted by atomic mass is 9.86. The maximum Gasteiger partial charge on any atom is 0.0333 e. The normalized spacial score (nSPS) is 17.3. The average Bonchev–Trinajstić information content (AvgIpc) is 2.36. The lowest BCUT2D eigenvalue weighted by molar-refractivity contribution is 0.120. The fourth-order valence-corrected chi connectivity index (χ4v) is 2.39. The molecule has 0 aliphatic carbocycles. The van der Waals surface area contributed by atoms with Crippen LogP contribution in [0.2, 0.25) is 0 Å². The molecule has 0 saturated heterocycles. The lowest BCUT2D eigenvalue weighted by Gasteiger charge is -2.37. The molecule has 0 aliphatic rings. The molecule has 3 atom stereocenters. The van der Waals surface area contributed by atoms with Crippen molar-refractivity contribution in [3.63, 3.8) is 0 Å². The SMILES string of the molecule is CC(CN(C)C(C)C(C)(C)C)C(N)c1ccccc1. The topological polar surface area (TPSA) is 29.3 Å². The first-order valence-electron chi connectivity index (χ1n) is 7.24. The summed E-state index contributed by atoms with van der Waals surface area (Å²) in [6, 6.07) is 11.0. The zero-order valence-electron chi connectivity index (χ0n) is 13.4. The predicted octanol–water partition coefficient (Wildman–Crippen LogP) is 3.69. The van der Waals surface area contributed by atoms with Gasteiger partial charge < -0.3 is 10.6 Å². The number of hydrogen-bond acceptors (Lipinski definition) is 2. The third-order valence-electron chi connectivity index (χ3n) is 4.29. The smallest absolute Gasteiger partial charge is 0.0333 e. The summed E-state index contributed by atoms with van der Waals surface area (Å²) < 4.78 is 0. The van der Waals surface area contributed by atoms with Gasteiger partial charge in [-0.25, -0.2) is 0 Å². The Bertz CT molecular complexity index is 367. The van der Waals surface area contributed by atoms with Crippen molar-refractivity contribution in [1.29, 1.82) is 0 Å². The summed E-state index contributed by atoms with van der Waals surface area (Å²) in [4.78, 5) is 2.42. The van der Waals surface area contributed by atoms with Crippen molar-refractivity contribution in [2.75, 3.05) is 13.6 Å². The standard InChI is InChI=1S/C17H30N2/c1-13(12-19(6)14(2)17(3,4)5)16(18)15-10-8-7-9-11-15/h7-11,13-14,16H,12,18H2,1-6H3. The van der Waals surface area contributed by atoms with Crippen LogP contribution in [0.1, 0.15) is 46.2 Å². The summed E-state index contributed by atoms with van der Waals surface area (Å²) in [5.74, 6) is 0.442. The maximum absolute atomic E-state index is 6.37. The molecule has 2 nitrogen and oxygen atoms in total. The Morgan fingerprint density at radius 1 is 1.11 bits per heavy atom. The maximum atomic E-state index is 6.37. The van der Waals surface area contributed by atoms with E-state index < -0.39 is 0 Å². The van der Waals surface area contributed by atoms with E-state index in [-0.39, 0.29) is 6.04 Å². The summed E-state index contributed by atoms with van der Waals surface area (Å²) in [5, 5.41) is 0. The lowest BCUT2D eigenvalue weighted by Crippen LogP contribution is -2.42. The molecular weight excluding hydrogens is 232 g/mol. The molecule has 0 radical (unpaired) electrons. The molecular formula is C17H30N2. The van der Waals surface area contributed by atoms with Crippen LogP contribution in [-0.2, 0) is 0 Å². The van der Waals surface area contributed by atoms with Gasteiger partial charge in [0.2, 0.25) is 0 Å². The quantitative estimate of drug-likeness (QED) is 0.877. The van der Waals surface area contributed by atoms with Crippen molar-refractivity contribution >= 4 is 0 Å². The van der Waals surface area contributed by atoms with Gasteiger partial charge in [0.1, 0.15) is 0 Å². The van der Waals surface area contributed by atoms with Crippen molar-refractivity contribution in [2.24, 2.45) is 17.1 Å². The van der Waals surface area contributed by atoms with Crippen LogP contribution in [0.25, 0.3) is 0 Å². The summed E-state index contributed by atoms with van der Waals surface area (Å²) in [5.41, 5.74) is 7.89. The van der Waals surface area contributed by atoms with E-state index >= 15 is 0 Å².